The third kappa shape index (κ3) is 2.29. The number of aryl methyl sites for hydroxylation is 1. The second kappa shape index (κ2) is 5.41. The monoisotopic (exact) mass is 334 g/mol. The number of benzene rings is 1. The molecule has 0 aliphatic carbocycles. The minimum atomic E-state index is -0.517. The number of aromatic nitrogens is 5. The molecule has 0 spiro atoms. The number of non-ortho nitro benzene ring substituents is 1. The van der Waals surface area contributed by atoms with Crippen molar-refractivity contribution in [1.29, 1.82) is 0 Å². The molecule has 3 aromatic heterocycles. The first-order valence-corrected chi connectivity index (χ1v) is 7.32. The number of pyridine rings is 1. The maximum atomic E-state index is 12.9. The van der Waals surface area contributed by atoms with Crippen LogP contribution in [0.2, 0.25) is 0 Å². The Bertz CT molecular complexity index is 1150. The Morgan fingerprint density at radius 3 is 2.64 bits per heavy atom. The number of carbonyl (C=O) groups excluding carboxylic acids is 1. The first kappa shape index (κ1) is 14.8. The molecule has 122 valence electrons. The number of nitro groups is 1. The molecule has 25 heavy (non-hydrogen) atoms. The van der Waals surface area contributed by atoms with Gasteiger partial charge in [-0.1, -0.05) is 0 Å². The Labute approximate surface area is 140 Å². The van der Waals surface area contributed by atoms with Crippen LogP contribution in [0.5, 0.6) is 0 Å². The van der Waals surface area contributed by atoms with Gasteiger partial charge in [-0.3, -0.25) is 14.9 Å². The third-order valence-corrected chi connectivity index (χ3v) is 3.83. The van der Waals surface area contributed by atoms with E-state index in [-0.39, 0.29) is 11.3 Å². The molecule has 0 saturated carbocycles. The van der Waals surface area contributed by atoms with Gasteiger partial charge < -0.3 is 0 Å². The zero-order chi connectivity index (χ0) is 17.6. The Morgan fingerprint density at radius 2 is 1.92 bits per heavy atom. The first-order valence-electron chi connectivity index (χ1n) is 7.32. The molecule has 1 aromatic carbocycles. The number of rotatable bonds is 2. The molecular weight excluding hydrogens is 324 g/mol. The lowest BCUT2D eigenvalue weighted by molar-refractivity contribution is -0.384. The number of carbonyl (C=O) groups is 1. The lowest BCUT2D eigenvalue weighted by Gasteiger charge is -2.04. The highest BCUT2D eigenvalue weighted by atomic mass is 16.6. The fourth-order valence-electron chi connectivity index (χ4n) is 2.63. The maximum absolute atomic E-state index is 12.9. The molecule has 0 atom stereocenters. The van der Waals surface area contributed by atoms with Crippen molar-refractivity contribution >= 4 is 33.7 Å². The Balaban J connectivity index is 1.92. The molecule has 0 aliphatic rings. The Morgan fingerprint density at radius 1 is 1.16 bits per heavy atom. The summed E-state index contributed by atoms with van der Waals surface area (Å²) in [6, 6.07) is 8.90. The van der Waals surface area contributed by atoms with E-state index < -0.39 is 10.8 Å². The van der Waals surface area contributed by atoms with Crippen LogP contribution < -0.4 is 0 Å². The van der Waals surface area contributed by atoms with E-state index in [9.17, 15) is 14.9 Å². The predicted molar refractivity (Wildman–Crippen MR) is 88.2 cm³/mol. The van der Waals surface area contributed by atoms with Gasteiger partial charge in [0, 0.05) is 29.3 Å². The Kier molecular flexibility index (Phi) is 3.21. The van der Waals surface area contributed by atoms with Gasteiger partial charge in [0.05, 0.1) is 10.6 Å². The summed E-state index contributed by atoms with van der Waals surface area (Å²) in [5.74, 6) is -0.411. The molecular formula is C16H10N6O3. The zero-order valence-electron chi connectivity index (χ0n) is 12.9. The standard InChI is InChI=1S/C16H10N6O3/c1-9-13-14(12-3-2-8-17-15(12)19-18-13)21(20-9)16(23)10-4-6-11(7-5-10)22(24)25/h2-8H,1H3. The molecule has 9 heteroatoms. The largest absolute Gasteiger partial charge is 0.278 e. The molecule has 0 saturated heterocycles. The molecule has 0 N–H and O–H groups in total. The van der Waals surface area contributed by atoms with Crippen molar-refractivity contribution in [3.8, 4) is 0 Å². The summed E-state index contributed by atoms with van der Waals surface area (Å²) in [4.78, 5) is 27.2. The predicted octanol–water partition coefficient (Wildman–Crippen LogP) is 2.28. The molecule has 0 aliphatic heterocycles. The molecule has 4 aromatic rings. The highest BCUT2D eigenvalue weighted by Crippen LogP contribution is 2.24. The van der Waals surface area contributed by atoms with E-state index in [1.165, 1.54) is 28.9 Å². The van der Waals surface area contributed by atoms with E-state index in [1.54, 1.807) is 25.3 Å². The van der Waals surface area contributed by atoms with Gasteiger partial charge in [-0.2, -0.15) is 9.78 Å². The van der Waals surface area contributed by atoms with Crippen LogP contribution >= 0.6 is 0 Å². The average molecular weight is 334 g/mol. The van der Waals surface area contributed by atoms with E-state index in [2.05, 4.69) is 20.3 Å². The molecule has 0 unspecified atom stereocenters. The van der Waals surface area contributed by atoms with Crippen LogP contribution in [0, 0.1) is 17.0 Å². The second-order valence-corrected chi connectivity index (χ2v) is 5.38. The van der Waals surface area contributed by atoms with Crippen molar-refractivity contribution in [1.82, 2.24) is 25.0 Å². The smallest absolute Gasteiger partial charge is 0.267 e. The maximum Gasteiger partial charge on any atom is 0.278 e. The van der Waals surface area contributed by atoms with Gasteiger partial charge in [0.25, 0.3) is 11.6 Å². The van der Waals surface area contributed by atoms with Gasteiger partial charge in [-0.05, 0) is 31.2 Å². The molecule has 3 heterocycles. The topological polar surface area (TPSA) is 117 Å². The summed E-state index contributed by atoms with van der Waals surface area (Å²) in [5.41, 5.74) is 2.19. The van der Waals surface area contributed by atoms with E-state index in [0.29, 0.717) is 27.8 Å². The molecule has 9 nitrogen and oxygen atoms in total. The number of nitro benzene ring substituents is 1. The number of nitrogens with zero attached hydrogens (tertiary/aromatic N) is 6. The fraction of sp³-hybridized carbons (Fsp3) is 0.0625. The quantitative estimate of drug-likeness (QED) is 0.407. The van der Waals surface area contributed by atoms with E-state index in [0.717, 1.165) is 0 Å². The van der Waals surface area contributed by atoms with Crippen molar-refractivity contribution in [2.24, 2.45) is 0 Å². The van der Waals surface area contributed by atoms with E-state index in [4.69, 9.17) is 0 Å². The summed E-state index contributed by atoms with van der Waals surface area (Å²) in [5, 5.41) is 23.8. The number of fused-ring (bicyclic) bond motifs is 3. The van der Waals surface area contributed by atoms with Gasteiger partial charge in [-0.25, -0.2) is 4.98 Å². The Hall–Kier alpha value is -3.75. The molecule has 0 fully saturated rings. The highest BCUT2D eigenvalue weighted by Gasteiger charge is 2.20. The molecule has 0 amide bonds. The summed E-state index contributed by atoms with van der Waals surface area (Å²) < 4.78 is 1.24. The average Bonchev–Trinajstić information content (AvgIpc) is 2.98. The second-order valence-electron chi connectivity index (χ2n) is 5.38. The van der Waals surface area contributed by atoms with Crippen molar-refractivity contribution in [2.75, 3.05) is 0 Å². The molecule has 0 radical (unpaired) electrons. The molecule has 4 rings (SSSR count). The van der Waals surface area contributed by atoms with Crippen LogP contribution in [0.3, 0.4) is 0 Å². The van der Waals surface area contributed by atoms with E-state index in [1.807, 2.05) is 0 Å². The molecule has 0 bridgehead atoms. The van der Waals surface area contributed by atoms with Gasteiger partial charge >= 0.3 is 0 Å². The number of hydrogen-bond donors (Lipinski definition) is 0. The van der Waals surface area contributed by atoms with Crippen LogP contribution in [0.1, 0.15) is 16.1 Å². The fourth-order valence-corrected chi connectivity index (χ4v) is 2.63. The summed E-state index contributed by atoms with van der Waals surface area (Å²) in [6.07, 6.45) is 1.59. The zero-order valence-corrected chi connectivity index (χ0v) is 12.9. The van der Waals surface area contributed by atoms with Crippen molar-refractivity contribution in [3.05, 3.63) is 64.0 Å². The van der Waals surface area contributed by atoms with Crippen LogP contribution in [0.4, 0.5) is 5.69 Å². The van der Waals surface area contributed by atoms with Crippen LogP contribution in [-0.2, 0) is 0 Å². The van der Waals surface area contributed by atoms with E-state index >= 15 is 0 Å². The van der Waals surface area contributed by atoms with Gasteiger partial charge in [0.1, 0.15) is 11.0 Å². The van der Waals surface area contributed by atoms with Gasteiger partial charge in [0.15, 0.2) is 5.65 Å². The minimum Gasteiger partial charge on any atom is -0.267 e. The lowest BCUT2D eigenvalue weighted by atomic mass is 10.2. The lowest BCUT2D eigenvalue weighted by Crippen LogP contribution is -2.14. The minimum absolute atomic E-state index is 0.0847. The highest BCUT2D eigenvalue weighted by molar-refractivity contribution is 6.08. The number of hydrogen-bond acceptors (Lipinski definition) is 7. The van der Waals surface area contributed by atoms with Gasteiger partial charge in [-0.15, -0.1) is 10.2 Å². The third-order valence-electron chi connectivity index (χ3n) is 3.83. The van der Waals surface area contributed by atoms with Crippen molar-refractivity contribution in [3.63, 3.8) is 0 Å². The van der Waals surface area contributed by atoms with Crippen LogP contribution in [-0.4, -0.2) is 35.8 Å². The van der Waals surface area contributed by atoms with Crippen LogP contribution in [0.25, 0.3) is 22.1 Å². The summed E-state index contributed by atoms with van der Waals surface area (Å²) in [7, 11) is 0. The van der Waals surface area contributed by atoms with Gasteiger partial charge in [0.2, 0.25) is 0 Å². The van der Waals surface area contributed by atoms with Crippen LogP contribution in [0.15, 0.2) is 42.6 Å². The summed E-state index contributed by atoms with van der Waals surface area (Å²) in [6.45, 7) is 1.73. The van der Waals surface area contributed by atoms with Crippen molar-refractivity contribution < 1.29 is 9.72 Å². The van der Waals surface area contributed by atoms with Crippen molar-refractivity contribution in [2.45, 2.75) is 6.92 Å². The first-order chi connectivity index (χ1) is 12.1. The normalized spacial score (nSPS) is 11.1. The summed E-state index contributed by atoms with van der Waals surface area (Å²) >= 11 is 0. The SMILES string of the molecule is Cc1nn(C(=O)c2ccc([N+](=O)[O-])cc2)c2c1nnc1ncccc12.